The summed E-state index contributed by atoms with van der Waals surface area (Å²) in [4.78, 5) is 21.0. The number of sulfone groups is 1. The van der Waals surface area contributed by atoms with Crippen molar-refractivity contribution in [2.75, 3.05) is 13.3 Å². The second-order valence-corrected chi connectivity index (χ2v) is 12.3. The zero-order valence-electron chi connectivity index (χ0n) is 20.6. The molecule has 0 aliphatic heterocycles. The van der Waals surface area contributed by atoms with Crippen LogP contribution in [0.1, 0.15) is 16.1 Å². The Balaban J connectivity index is 1.55. The van der Waals surface area contributed by atoms with E-state index in [4.69, 9.17) is 11.6 Å². The van der Waals surface area contributed by atoms with Gasteiger partial charge in [-0.15, -0.1) is 11.3 Å². The van der Waals surface area contributed by atoms with Crippen molar-refractivity contribution in [3.05, 3.63) is 108 Å². The van der Waals surface area contributed by atoms with E-state index in [1.54, 1.807) is 59.4 Å². The van der Waals surface area contributed by atoms with E-state index < -0.39 is 9.84 Å². The SMILES string of the molecule is CN(Cc1ccncc1)C(=O)c1cc(-c2ccc(-c3cccc(S(C)(=O)=O)c3)s2)n(-c2ccccc2Cl)n1. The first kappa shape index (κ1) is 25.8. The minimum absolute atomic E-state index is 0.230. The lowest BCUT2D eigenvalue weighted by Crippen LogP contribution is -2.26. The number of rotatable bonds is 7. The molecule has 0 radical (unpaired) electrons. The van der Waals surface area contributed by atoms with Crippen LogP contribution in [0.4, 0.5) is 0 Å². The smallest absolute Gasteiger partial charge is 0.274 e. The Hall–Kier alpha value is -3.79. The van der Waals surface area contributed by atoms with E-state index in [1.807, 2.05) is 48.5 Å². The average molecular weight is 563 g/mol. The highest BCUT2D eigenvalue weighted by atomic mass is 35.5. The summed E-state index contributed by atoms with van der Waals surface area (Å²) in [7, 11) is -1.60. The van der Waals surface area contributed by atoms with Gasteiger partial charge in [-0.05, 0) is 65.7 Å². The van der Waals surface area contributed by atoms with Gasteiger partial charge in [0, 0.05) is 37.1 Å². The van der Waals surface area contributed by atoms with Crippen LogP contribution in [0.15, 0.2) is 96.2 Å². The lowest BCUT2D eigenvalue weighted by atomic mass is 10.2. The maximum atomic E-state index is 13.4. The van der Waals surface area contributed by atoms with Crippen molar-refractivity contribution in [2.45, 2.75) is 11.4 Å². The fourth-order valence-electron chi connectivity index (χ4n) is 4.01. The summed E-state index contributed by atoms with van der Waals surface area (Å²) < 4.78 is 25.8. The van der Waals surface area contributed by atoms with Crippen LogP contribution in [-0.2, 0) is 16.4 Å². The summed E-state index contributed by atoms with van der Waals surface area (Å²) >= 11 is 8.00. The number of halogens is 1. The summed E-state index contributed by atoms with van der Waals surface area (Å²) in [5.74, 6) is -0.230. The van der Waals surface area contributed by atoms with Crippen LogP contribution in [0.25, 0.3) is 26.7 Å². The molecule has 0 fully saturated rings. The summed E-state index contributed by atoms with van der Waals surface area (Å²) in [6, 6.07) is 23.5. The van der Waals surface area contributed by atoms with Crippen LogP contribution < -0.4 is 0 Å². The largest absolute Gasteiger partial charge is 0.336 e. The van der Waals surface area contributed by atoms with Gasteiger partial charge in [0.2, 0.25) is 0 Å². The minimum Gasteiger partial charge on any atom is -0.336 e. The van der Waals surface area contributed by atoms with Crippen molar-refractivity contribution in [2.24, 2.45) is 0 Å². The van der Waals surface area contributed by atoms with E-state index in [2.05, 4.69) is 10.1 Å². The van der Waals surface area contributed by atoms with E-state index in [0.29, 0.717) is 22.9 Å². The molecule has 7 nitrogen and oxygen atoms in total. The van der Waals surface area contributed by atoms with Gasteiger partial charge in [0.15, 0.2) is 15.5 Å². The molecule has 3 aromatic heterocycles. The number of carbonyl (C=O) groups excluding carboxylic acids is 1. The number of hydrogen-bond acceptors (Lipinski definition) is 6. The maximum absolute atomic E-state index is 13.4. The number of amides is 1. The molecule has 0 aliphatic rings. The second-order valence-electron chi connectivity index (χ2n) is 8.76. The monoisotopic (exact) mass is 562 g/mol. The number of pyridine rings is 1. The first-order chi connectivity index (χ1) is 18.2. The highest BCUT2D eigenvalue weighted by molar-refractivity contribution is 7.90. The third-order valence-corrected chi connectivity index (χ3v) is 8.52. The summed E-state index contributed by atoms with van der Waals surface area (Å²) in [5.41, 5.74) is 3.39. The van der Waals surface area contributed by atoms with E-state index in [1.165, 1.54) is 17.6 Å². The van der Waals surface area contributed by atoms with Crippen molar-refractivity contribution in [3.8, 4) is 26.7 Å². The second kappa shape index (κ2) is 10.5. The minimum atomic E-state index is -3.33. The molecule has 38 heavy (non-hydrogen) atoms. The lowest BCUT2D eigenvalue weighted by molar-refractivity contribution is 0.0778. The average Bonchev–Trinajstić information content (AvgIpc) is 3.57. The van der Waals surface area contributed by atoms with E-state index >= 15 is 0 Å². The fraction of sp³-hybridized carbons (Fsp3) is 0.107. The topological polar surface area (TPSA) is 85.2 Å². The molecular formula is C28H23ClN4O3S2. The third kappa shape index (κ3) is 5.40. The number of thiophene rings is 1. The number of carbonyl (C=O) groups is 1. The Kier molecular flexibility index (Phi) is 7.16. The number of benzene rings is 2. The van der Waals surface area contributed by atoms with E-state index in [0.717, 1.165) is 20.9 Å². The normalized spacial score (nSPS) is 11.4. The fourth-order valence-corrected chi connectivity index (χ4v) is 5.89. The maximum Gasteiger partial charge on any atom is 0.274 e. The Morgan fingerprint density at radius 3 is 2.45 bits per heavy atom. The van der Waals surface area contributed by atoms with Crippen LogP contribution in [-0.4, -0.2) is 47.3 Å². The molecule has 10 heteroatoms. The number of nitrogens with zero attached hydrogens (tertiary/aromatic N) is 4. The van der Waals surface area contributed by atoms with E-state index in [9.17, 15) is 13.2 Å². The van der Waals surface area contributed by atoms with Gasteiger partial charge in [-0.1, -0.05) is 35.9 Å². The van der Waals surface area contributed by atoms with Crippen LogP contribution in [0.5, 0.6) is 0 Å². The van der Waals surface area contributed by atoms with Gasteiger partial charge in [0.1, 0.15) is 0 Å². The predicted molar refractivity (Wildman–Crippen MR) is 150 cm³/mol. The van der Waals surface area contributed by atoms with Crippen molar-refractivity contribution in [3.63, 3.8) is 0 Å². The van der Waals surface area contributed by atoms with Crippen molar-refractivity contribution in [1.82, 2.24) is 19.7 Å². The van der Waals surface area contributed by atoms with Crippen LogP contribution >= 0.6 is 22.9 Å². The first-order valence-corrected chi connectivity index (χ1v) is 14.7. The summed E-state index contributed by atoms with van der Waals surface area (Å²) in [6.45, 7) is 0.412. The van der Waals surface area contributed by atoms with Gasteiger partial charge in [0.25, 0.3) is 5.91 Å². The quantitative estimate of drug-likeness (QED) is 0.243. The molecule has 0 atom stereocenters. The molecule has 5 aromatic rings. The lowest BCUT2D eigenvalue weighted by Gasteiger charge is -2.15. The molecule has 0 spiro atoms. The Morgan fingerprint density at radius 2 is 1.71 bits per heavy atom. The van der Waals surface area contributed by atoms with E-state index in [-0.39, 0.29) is 16.5 Å². The van der Waals surface area contributed by atoms with Gasteiger partial charge < -0.3 is 4.90 Å². The number of para-hydroxylation sites is 1. The van der Waals surface area contributed by atoms with Crippen LogP contribution in [0.2, 0.25) is 5.02 Å². The Labute approximate surface area is 229 Å². The van der Waals surface area contributed by atoms with Crippen molar-refractivity contribution < 1.29 is 13.2 Å². The number of aromatic nitrogens is 3. The molecule has 2 aromatic carbocycles. The molecule has 3 heterocycles. The molecule has 0 unspecified atom stereocenters. The Bertz CT molecular complexity index is 1730. The molecule has 0 bridgehead atoms. The first-order valence-electron chi connectivity index (χ1n) is 11.6. The predicted octanol–water partition coefficient (Wildman–Crippen LogP) is 5.99. The molecule has 5 rings (SSSR count). The summed E-state index contributed by atoms with van der Waals surface area (Å²) in [6.07, 6.45) is 4.58. The van der Waals surface area contributed by atoms with Gasteiger partial charge in [-0.2, -0.15) is 5.10 Å². The van der Waals surface area contributed by atoms with Gasteiger partial charge in [0.05, 0.1) is 26.2 Å². The molecule has 0 saturated heterocycles. The van der Waals surface area contributed by atoms with Crippen molar-refractivity contribution in [1.29, 1.82) is 0 Å². The highest BCUT2D eigenvalue weighted by Crippen LogP contribution is 2.37. The molecule has 1 amide bonds. The van der Waals surface area contributed by atoms with Gasteiger partial charge >= 0.3 is 0 Å². The molecule has 0 saturated carbocycles. The zero-order valence-corrected chi connectivity index (χ0v) is 23.0. The molecule has 192 valence electrons. The van der Waals surface area contributed by atoms with Crippen molar-refractivity contribution >= 4 is 38.7 Å². The Morgan fingerprint density at radius 1 is 0.974 bits per heavy atom. The summed E-state index contributed by atoms with van der Waals surface area (Å²) in [5, 5.41) is 5.16. The van der Waals surface area contributed by atoms with Gasteiger partial charge in [-0.3, -0.25) is 9.78 Å². The molecule has 0 N–H and O–H groups in total. The molecule has 0 aliphatic carbocycles. The zero-order chi connectivity index (χ0) is 26.9. The highest BCUT2D eigenvalue weighted by Gasteiger charge is 2.22. The van der Waals surface area contributed by atoms with Crippen LogP contribution in [0, 0.1) is 0 Å². The van der Waals surface area contributed by atoms with Gasteiger partial charge in [-0.25, -0.2) is 13.1 Å². The van der Waals surface area contributed by atoms with Crippen LogP contribution in [0.3, 0.4) is 0 Å². The third-order valence-electron chi connectivity index (χ3n) is 5.93. The standard InChI is InChI=1S/C28H23ClN4O3S2/c1-32(18-19-12-14-30-15-13-19)28(34)23-17-25(33(31-23)24-9-4-3-8-22(24)29)27-11-10-26(37-27)20-6-5-7-21(16-20)38(2,35)36/h3-17H,18H2,1-2H3. The number of hydrogen-bond donors (Lipinski definition) is 0. The molecular weight excluding hydrogens is 540 g/mol.